The van der Waals surface area contributed by atoms with Crippen molar-refractivity contribution in [2.24, 2.45) is 0 Å². The first kappa shape index (κ1) is 21.5. The van der Waals surface area contributed by atoms with E-state index in [0.717, 1.165) is 0 Å². The summed E-state index contributed by atoms with van der Waals surface area (Å²) in [7, 11) is 0. The van der Waals surface area contributed by atoms with Gasteiger partial charge in [0.25, 0.3) is 0 Å². The highest BCUT2D eigenvalue weighted by molar-refractivity contribution is 6.31. The van der Waals surface area contributed by atoms with Crippen LogP contribution in [0.3, 0.4) is 0 Å². The van der Waals surface area contributed by atoms with E-state index in [4.69, 9.17) is 16.3 Å². The molecule has 3 aromatic rings. The van der Waals surface area contributed by atoms with Gasteiger partial charge in [0.15, 0.2) is 5.78 Å². The normalized spacial score (nSPS) is 11.3. The SMILES string of the molecule is CCOC(=O)c1[nH]c(C)c(C(=O)/C=C/c2c(C)nn(-c3ccc(F)cc3)c2Cl)c1C. The molecule has 8 heteroatoms. The molecule has 0 saturated carbocycles. The van der Waals surface area contributed by atoms with Crippen LogP contribution in [0.15, 0.2) is 30.3 Å². The van der Waals surface area contributed by atoms with E-state index >= 15 is 0 Å². The molecule has 6 nitrogen and oxygen atoms in total. The largest absolute Gasteiger partial charge is 0.461 e. The van der Waals surface area contributed by atoms with E-state index < -0.39 is 5.97 Å². The number of ketones is 1. The number of halogens is 2. The van der Waals surface area contributed by atoms with Crippen molar-refractivity contribution in [2.45, 2.75) is 27.7 Å². The summed E-state index contributed by atoms with van der Waals surface area (Å²) < 4.78 is 19.7. The highest BCUT2D eigenvalue weighted by atomic mass is 35.5. The number of aromatic amines is 1. The lowest BCUT2D eigenvalue weighted by atomic mass is 10.0. The van der Waals surface area contributed by atoms with Gasteiger partial charge in [0.1, 0.15) is 16.7 Å². The van der Waals surface area contributed by atoms with Gasteiger partial charge in [0.2, 0.25) is 0 Å². The number of nitrogens with zero attached hydrogens (tertiary/aromatic N) is 2. The lowest BCUT2D eigenvalue weighted by Crippen LogP contribution is -2.07. The summed E-state index contributed by atoms with van der Waals surface area (Å²) >= 11 is 6.45. The average Bonchev–Trinajstić information content (AvgIpc) is 3.16. The summed E-state index contributed by atoms with van der Waals surface area (Å²) in [6.07, 6.45) is 2.98. The van der Waals surface area contributed by atoms with Gasteiger partial charge in [-0.15, -0.1) is 0 Å². The minimum absolute atomic E-state index is 0.245. The van der Waals surface area contributed by atoms with Gasteiger partial charge in [0.05, 0.1) is 18.0 Å². The third-order valence-corrected chi connectivity index (χ3v) is 5.05. The van der Waals surface area contributed by atoms with Gasteiger partial charge in [-0.05, 0) is 69.7 Å². The molecule has 0 aliphatic heterocycles. The van der Waals surface area contributed by atoms with Crippen molar-refractivity contribution in [1.29, 1.82) is 0 Å². The van der Waals surface area contributed by atoms with E-state index in [1.165, 1.54) is 22.9 Å². The minimum Gasteiger partial charge on any atom is -0.461 e. The molecule has 2 heterocycles. The highest BCUT2D eigenvalue weighted by Crippen LogP contribution is 2.26. The summed E-state index contributed by atoms with van der Waals surface area (Å²) in [5.41, 5.74) is 3.58. The summed E-state index contributed by atoms with van der Waals surface area (Å²) in [6, 6.07) is 5.77. The number of H-pyrrole nitrogens is 1. The summed E-state index contributed by atoms with van der Waals surface area (Å²) in [5.74, 6) is -1.13. The molecule has 0 atom stereocenters. The molecule has 2 aromatic heterocycles. The Labute approximate surface area is 178 Å². The predicted octanol–water partition coefficient (Wildman–Crippen LogP) is 4.99. The molecule has 0 aliphatic rings. The van der Waals surface area contributed by atoms with Crippen LogP contribution in [0.2, 0.25) is 5.15 Å². The number of carbonyl (C=O) groups is 2. The molecule has 30 heavy (non-hydrogen) atoms. The predicted molar refractivity (Wildman–Crippen MR) is 113 cm³/mol. The quantitative estimate of drug-likeness (QED) is 0.340. The highest BCUT2D eigenvalue weighted by Gasteiger charge is 2.22. The molecule has 0 unspecified atom stereocenters. The fourth-order valence-electron chi connectivity index (χ4n) is 3.22. The van der Waals surface area contributed by atoms with Gasteiger partial charge in [-0.1, -0.05) is 11.6 Å². The molecule has 3 rings (SSSR count). The third kappa shape index (κ3) is 4.07. The number of rotatable bonds is 6. The second-order valence-electron chi connectivity index (χ2n) is 6.72. The van der Waals surface area contributed by atoms with Gasteiger partial charge >= 0.3 is 5.97 Å². The number of hydrogen-bond acceptors (Lipinski definition) is 4. The zero-order valence-corrected chi connectivity index (χ0v) is 17.8. The number of aromatic nitrogens is 3. The lowest BCUT2D eigenvalue weighted by Gasteiger charge is -2.02. The first-order valence-electron chi connectivity index (χ1n) is 9.34. The van der Waals surface area contributed by atoms with Gasteiger partial charge in [-0.25, -0.2) is 13.9 Å². The standard InChI is InChI=1S/C22H21ClFN3O3/c1-5-30-22(29)20-12(2)19(14(4)25-20)18(28)11-10-17-13(3)26-27(21(17)23)16-8-6-15(24)7-9-16/h6-11,25H,5H2,1-4H3/b11-10+. The van der Waals surface area contributed by atoms with Crippen molar-refractivity contribution < 1.29 is 18.7 Å². The van der Waals surface area contributed by atoms with E-state index in [-0.39, 0.29) is 23.9 Å². The molecule has 0 radical (unpaired) electrons. The number of ether oxygens (including phenoxy) is 1. The van der Waals surface area contributed by atoms with Crippen molar-refractivity contribution in [1.82, 2.24) is 14.8 Å². The number of nitrogens with one attached hydrogen (secondary N) is 1. The van der Waals surface area contributed by atoms with Crippen LogP contribution in [-0.2, 0) is 4.74 Å². The maximum absolute atomic E-state index is 13.2. The molecule has 0 fully saturated rings. The van der Waals surface area contributed by atoms with Crippen LogP contribution in [0, 0.1) is 26.6 Å². The first-order valence-corrected chi connectivity index (χ1v) is 9.72. The Hall–Kier alpha value is -3.19. The van der Waals surface area contributed by atoms with Crippen molar-refractivity contribution in [2.75, 3.05) is 6.61 Å². The number of allylic oxidation sites excluding steroid dienone is 1. The average molecular weight is 430 g/mol. The van der Waals surface area contributed by atoms with Crippen LogP contribution < -0.4 is 0 Å². The maximum Gasteiger partial charge on any atom is 0.355 e. The topological polar surface area (TPSA) is 77.0 Å². The summed E-state index contributed by atoms with van der Waals surface area (Å²) in [6.45, 7) is 7.15. The molecule has 0 saturated heterocycles. The zero-order valence-electron chi connectivity index (χ0n) is 17.0. The van der Waals surface area contributed by atoms with Crippen LogP contribution in [0.1, 0.15) is 50.3 Å². The van der Waals surface area contributed by atoms with Crippen LogP contribution in [0.25, 0.3) is 11.8 Å². The molecule has 1 aromatic carbocycles. The van der Waals surface area contributed by atoms with E-state index in [9.17, 15) is 14.0 Å². The van der Waals surface area contributed by atoms with Crippen molar-refractivity contribution in [3.05, 3.63) is 75.1 Å². The second kappa shape index (κ2) is 8.67. The first-order chi connectivity index (χ1) is 14.2. The van der Waals surface area contributed by atoms with E-state index in [0.29, 0.717) is 38.9 Å². The summed E-state index contributed by atoms with van der Waals surface area (Å²) in [5, 5.41) is 4.68. The molecule has 156 valence electrons. The lowest BCUT2D eigenvalue weighted by molar-refractivity contribution is 0.0519. The van der Waals surface area contributed by atoms with Gasteiger partial charge in [0, 0.05) is 16.8 Å². The van der Waals surface area contributed by atoms with Crippen molar-refractivity contribution in [3.63, 3.8) is 0 Å². The smallest absolute Gasteiger partial charge is 0.355 e. The molecule has 0 spiro atoms. The van der Waals surface area contributed by atoms with Gasteiger partial charge in [-0.3, -0.25) is 4.79 Å². The Kier molecular flexibility index (Phi) is 6.22. The minimum atomic E-state index is -0.499. The number of benzene rings is 1. The van der Waals surface area contributed by atoms with Gasteiger partial charge < -0.3 is 9.72 Å². The third-order valence-electron chi connectivity index (χ3n) is 4.68. The molecule has 0 aliphatic carbocycles. The number of carbonyl (C=O) groups excluding carboxylic acids is 2. The van der Waals surface area contributed by atoms with Crippen LogP contribution in [-0.4, -0.2) is 33.1 Å². The van der Waals surface area contributed by atoms with Crippen molar-refractivity contribution in [3.8, 4) is 5.69 Å². The Balaban J connectivity index is 1.91. The Morgan fingerprint density at radius 3 is 2.53 bits per heavy atom. The summed E-state index contributed by atoms with van der Waals surface area (Å²) in [4.78, 5) is 27.8. The van der Waals surface area contributed by atoms with E-state index in [1.807, 2.05) is 0 Å². The van der Waals surface area contributed by atoms with Crippen molar-refractivity contribution >= 4 is 29.4 Å². The molecular formula is C22H21ClFN3O3. The second-order valence-corrected chi connectivity index (χ2v) is 7.08. The fraction of sp³-hybridized carbons (Fsp3) is 0.227. The Morgan fingerprint density at radius 1 is 1.23 bits per heavy atom. The number of esters is 1. The number of aryl methyl sites for hydroxylation is 2. The Morgan fingerprint density at radius 2 is 1.90 bits per heavy atom. The number of hydrogen-bond donors (Lipinski definition) is 1. The van der Waals surface area contributed by atoms with Crippen LogP contribution >= 0.6 is 11.6 Å². The van der Waals surface area contributed by atoms with Crippen LogP contribution in [0.4, 0.5) is 4.39 Å². The van der Waals surface area contributed by atoms with Crippen LogP contribution in [0.5, 0.6) is 0 Å². The molecular weight excluding hydrogens is 409 g/mol. The van der Waals surface area contributed by atoms with E-state index in [1.54, 1.807) is 45.9 Å². The van der Waals surface area contributed by atoms with Gasteiger partial charge in [-0.2, -0.15) is 5.10 Å². The molecule has 0 amide bonds. The maximum atomic E-state index is 13.2. The fourth-order valence-corrected chi connectivity index (χ4v) is 3.56. The molecule has 1 N–H and O–H groups in total. The Bertz CT molecular complexity index is 1140. The zero-order chi connectivity index (χ0) is 22.0. The molecule has 0 bridgehead atoms. The van der Waals surface area contributed by atoms with E-state index in [2.05, 4.69) is 10.1 Å². The monoisotopic (exact) mass is 429 g/mol.